The molecule has 0 saturated carbocycles. The first-order valence-electron chi connectivity index (χ1n) is 2.75. The standard InChI is InChI=1S/C6H5I.CHF3/c7-6-4-2-1-3-5-6;2-1(3)4/h1-5H;1H. The third-order valence-electron chi connectivity index (χ3n) is 0.733. The first kappa shape index (κ1) is 10.7. The van der Waals surface area contributed by atoms with E-state index in [1.807, 2.05) is 18.2 Å². The molecule has 0 heterocycles. The molecule has 4 heteroatoms. The van der Waals surface area contributed by atoms with E-state index < -0.39 is 6.68 Å². The Morgan fingerprint density at radius 2 is 1.36 bits per heavy atom. The lowest BCUT2D eigenvalue weighted by molar-refractivity contribution is 0.00819. The maximum atomic E-state index is 9.67. The van der Waals surface area contributed by atoms with Gasteiger partial charge in [0.15, 0.2) is 0 Å². The van der Waals surface area contributed by atoms with Crippen molar-refractivity contribution in [3.63, 3.8) is 0 Å². The van der Waals surface area contributed by atoms with E-state index in [0.29, 0.717) is 0 Å². The van der Waals surface area contributed by atoms with Crippen LogP contribution in [-0.2, 0) is 0 Å². The third kappa shape index (κ3) is 9.74. The van der Waals surface area contributed by atoms with Gasteiger partial charge in [-0.05, 0) is 34.7 Å². The van der Waals surface area contributed by atoms with Crippen LogP contribution in [0.15, 0.2) is 30.3 Å². The second-order valence-corrected chi connectivity index (χ2v) is 2.79. The zero-order chi connectivity index (χ0) is 8.69. The quantitative estimate of drug-likeness (QED) is 0.635. The molecule has 0 aromatic heterocycles. The van der Waals surface area contributed by atoms with Gasteiger partial charge in [-0.25, -0.2) is 0 Å². The molecule has 11 heavy (non-hydrogen) atoms. The highest BCUT2D eigenvalue weighted by Gasteiger charge is 1.86. The average Bonchev–Trinajstić information content (AvgIpc) is 1.87. The average molecular weight is 274 g/mol. The molecular formula is C7H6F3I. The number of hydrogen-bond donors (Lipinski definition) is 0. The molecule has 0 bridgehead atoms. The van der Waals surface area contributed by atoms with E-state index in [1.54, 1.807) is 0 Å². The number of halogens is 4. The molecule has 0 unspecified atom stereocenters. The van der Waals surface area contributed by atoms with E-state index in [1.165, 1.54) is 3.57 Å². The van der Waals surface area contributed by atoms with Gasteiger partial charge in [0, 0.05) is 3.57 Å². The summed E-state index contributed by atoms with van der Waals surface area (Å²) < 4.78 is 30.3. The Hall–Kier alpha value is -0.260. The molecule has 0 aliphatic heterocycles. The Labute approximate surface area is 76.6 Å². The third-order valence-corrected chi connectivity index (χ3v) is 1.45. The smallest absolute Gasteiger partial charge is 0.174 e. The lowest BCUT2D eigenvalue weighted by Crippen LogP contribution is -1.65. The highest BCUT2D eigenvalue weighted by molar-refractivity contribution is 14.1. The molecule has 0 saturated heterocycles. The lowest BCUT2D eigenvalue weighted by Gasteiger charge is -1.80. The van der Waals surface area contributed by atoms with E-state index in [2.05, 4.69) is 34.7 Å². The molecule has 0 fully saturated rings. The van der Waals surface area contributed by atoms with Gasteiger partial charge >= 0.3 is 6.68 Å². The van der Waals surface area contributed by atoms with Gasteiger partial charge in [0.25, 0.3) is 0 Å². The molecule has 0 nitrogen and oxygen atoms in total. The summed E-state index contributed by atoms with van der Waals surface area (Å²) in [5.74, 6) is 0. The summed E-state index contributed by atoms with van der Waals surface area (Å²) in [6.45, 7) is -3.67. The van der Waals surface area contributed by atoms with Crippen molar-refractivity contribution in [2.45, 2.75) is 6.68 Å². The maximum Gasteiger partial charge on any atom is 0.379 e. The van der Waals surface area contributed by atoms with Crippen LogP contribution in [0, 0.1) is 3.57 Å². The van der Waals surface area contributed by atoms with Gasteiger partial charge in [0.05, 0.1) is 0 Å². The number of rotatable bonds is 0. The monoisotopic (exact) mass is 274 g/mol. The fraction of sp³-hybridized carbons (Fsp3) is 0.143. The summed E-state index contributed by atoms with van der Waals surface area (Å²) in [4.78, 5) is 0. The van der Waals surface area contributed by atoms with Crippen molar-refractivity contribution in [3.8, 4) is 0 Å². The predicted molar refractivity (Wildman–Crippen MR) is 46.3 cm³/mol. The Morgan fingerprint density at radius 3 is 1.55 bits per heavy atom. The highest BCUT2D eigenvalue weighted by Crippen LogP contribution is 1.99. The van der Waals surface area contributed by atoms with Crippen molar-refractivity contribution in [1.29, 1.82) is 0 Å². The van der Waals surface area contributed by atoms with Crippen molar-refractivity contribution in [2.24, 2.45) is 0 Å². The van der Waals surface area contributed by atoms with Crippen molar-refractivity contribution in [3.05, 3.63) is 33.9 Å². The lowest BCUT2D eigenvalue weighted by atomic mass is 10.4. The van der Waals surface area contributed by atoms with Gasteiger partial charge in [-0.3, -0.25) is 0 Å². The first-order chi connectivity index (χ1) is 5.13. The topological polar surface area (TPSA) is 0 Å². The van der Waals surface area contributed by atoms with Crippen LogP contribution in [0.4, 0.5) is 13.2 Å². The molecule has 0 N–H and O–H groups in total. The fourth-order valence-corrected chi connectivity index (χ4v) is 0.830. The largest absolute Gasteiger partial charge is 0.379 e. The number of alkyl halides is 3. The van der Waals surface area contributed by atoms with E-state index >= 15 is 0 Å². The molecule has 62 valence electrons. The van der Waals surface area contributed by atoms with Gasteiger partial charge < -0.3 is 0 Å². The normalized spacial score (nSPS) is 8.82. The van der Waals surface area contributed by atoms with Crippen LogP contribution in [-0.4, -0.2) is 6.68 Å². The summed E-state index contributed by atoms with van der Waals surface area (Å²) in [5.41, 5.74) is 0. The summed E-state index contributed by atoms with van der Waals surface area (Å²) in [5, 5.41) is 0. The van der Waals surface area contributed by atoms with E-state index in [9.17, 15) is 13.2 Å². The van der Waals surface area contributed by atoms with Gasteiger partial charge in [-0.1, -0.05) is 18.2 Å². The zero-order valence-corrected chi connectivity index (χ0v) is 7.63. The number of hydrogen-bond acceptors (Lipinski definition) is 0. The van der Waals surface area contributed by atoms with Crippen LogP contribution in [0.5, 0.6) is 0 Å². The Balaban J connectivity index is 0.000000218. The molecular weight excluding hydrogens is 268 g/mol. The minimum Gasteiger partial charge on any atom is -0.174 e. The van der Waals surface area contributed by atoms with Crippen LogP contribution in [0.1, 0.15) is 0 Å². The number of benzene rings is 1. The Bertz CT molecular complexity index is 174. The van der Waals surface area contributed by atoms with Crippen molar-refractivity contribution < 1.29 is 13.2 Å². The molecule has 0 spiro atoms. The summed E-state index contributed by atoms with van der Waals surface area (Å²) >= 11 is 2.28. The fourth-order valence-electron chi connectivity index (χ4n) is 0.415. The van der Waals surface area contributed by atoms with Gasteiger partial charge in [-0.15, -0.1) is 0 Å². The van der Waals surface area contributed by atoms with Crippen LogP contribution in [0.25, 0.3) is 0 Å². The summed E-state index contributed by atoms with van der Waals surface area (Å²) in [7, 11) is 0. The van der Waals surface area contributed by atoms with Gasteiger partial charge in [0.1, 0.15) is 0 Å². The SMILES string of the molecule is FC(F)F.Ic1ccccc1. The van der Waals surface area contributed by atoms with E-state index in [4.69, 9.17) is 0 Å². The molecule has 0 aliphatic rings. The molecule has 1 aromatic rings. The van der Waals surface area contributed by atoms with Crippen molar-refractivity contribution in [2.75, 3.05) is 0 Å². The zero-order valence-electron chi connectivity index (χ0n) is 5.48. The van der Waals surface area contributed by atoms with E-state index in [0.717, 1.165) is 0 Å². The minimum absolute atomic E-state index is 1.29. The molecule has 1 aromatic carbocycles. The second kappa shape index (κ2) is 6.45. The second-order valence-electron chi connectivity index (χ2n) is 1.54. The van der Waals surface area contributed by atoms with Crippen LogP contribution >= 0.6 is 22.6 Å². The molecule has 0 radical (unpaired) electrons. The predicted octanol–water partition coefficient (Wildman–Crippen LogP) is 3.47. The van der Waals surface area contributed by atoms with Crippen LogP contribution in [0.2, 0.25) is 0 Å². The van der Waals surface area contributed by atoms with Crippen LogP contribution < -0.4 is 0 Å². The molecule has 0 aliphatic carbocycles. The van der Waals surface area contributed by atoms with Gasteiger partial charge in [0.2, 0.25) is 0 Å². The van der Waals surface area contributed by atoms with Crippen molar-refractivity contribution in [1.82, 2.24) is 0 Å². The Kier molecular flexibility index (Phi) is 6.30. The molecule has 1 rings (SSSR count). The van der Waals surface area contributed by atoms with Gasteiger partial charge in [-0.2, -0.15) is 13.2 Å². The molecule has 0 atom stereocenters. The summed E-state index contributed by atoms with van der Waals surface area (Å²) in [6.07, 6.45) is 0. The van der Waals surface area contributed by atoms with Crippen LogP contribution in [0.3, 0.4) is 0 Å². The Morgan fingerprint density at radius 1 is 1.00 bits per heavy atom. The first-order valence-corrected chi connectivity index (χ1v) is 3.83. The maximum absolute atomic E-state index is 9.67. The molecule has 0 amide bonds. The minimum atomic E-state index is -3.67. The highest BCUT2D eigenvalue weighted by atomic mass is 127. The summed E-state index contributed by atoms with van der Waals surface area (Å²) in [6, 6.07) is 10.2. The van der Waals surface area contributed by atoms with E-state index in [-0.39, 0.29) is 0 Å². The van der Waals surface area contributed by atoms with Crippen molar-refractivity contribution >= 4 is 22.6 Å².